The van der Waals surface area contributed by atoms with E-state index in [0.29, 0.717) is 11.1 Å². The number of hydrogen-bond donors (Lipinski definition) is 8. The summed E-state index contributed by atoms with van der Waals surface area (Å²) in [6.07, 6.45) is 0.296. The molecule has 0 bridgehead atoms. The predicted molar refractivity (Wildman–Crippen MR) is 245 cm³/mol. The van der Waals surface area contributed by atoms with Gasteiger partial charge in [0.1, 0.15) is 21.2 Å². The van der Waals surface area contributed by atoms with E-state index in [-0.39, 0.29) is 70.0 Å². The zero-order chi connectivity index (χ0) is 49.8. The number of aromatic hydroxyl groups is 2. The number of anilines is 2. The Hall–Kier alpha value is -8.71. The fraction of sp³-hybridized carbons (Fsp3) is 0.0889. The largest absolute Gasteiger partial charge is 0.505 e. The molecule has 0 saturated heterocycles. The summed E-state index contributed by atoms with van der Waals surface area (Å²) >= 11 is 0. The van der Waals surface area contributed by atoms with Crippen LogP contribution in [0.2, 0.25) is 0 Å². The normalized spacial score (nSPS) is 11.9. The van der Waals surface area contributed by atoms with Gasteiger partial charge in [-0.3, -0.25) is 33.1 Å². The van der Waals surface area contributed by atoms with Crippen LogP contribution in [0.25, 0.3) is 21.5 Å². The van der Waals surface area contributed by atoms with Crippen molar-refractivity contribution in [3.05, 3.63) is 142 Å². The fourth-order valence-electron chi connectivity index (χ4n) is 6.71. The minimum Gasteiger partial charge on any atom is -0.505 e. The maximum atomic E-state index is 13.4. The molecule has 7 aromatic rings. The van der Waals surface area contributed by atoms with Gasteiger partial charge in [0.15, 0.2) is 28.4 Å². The molecule has 6 aromatic carbocycles. The van der Waals surface area contributed by atoms with Crippen LogP contribution in [-0.2, 0) is 42.7 Å². The van der Waals surface area contributed by atoms with Crippen LogP contribution >= 0.6 is 0 Å². The molecule has 1 aromatic heterocycles. The van der Waals surface area contributed by atoms with E-state index in [9.17, 15) is 60.1 Å². The van der Waals surface area contributed by atoms with Gasteiger partial charge in [0.05, 0.1) is 11.4 Å². The molecule has 22 nitrogen and oxygen atoms in total. The third-order valence-corrected chi connectivity index (χ3v) is 11.8. The number of amides is 2. The Balaban J connectivity index is 1.09. The van der Waals surface area contributed by atoms with Gasteiger partial charge in [0, 0.05) is 47.1 Å². The molecule has 0 unspecified atom stereocenters. The van der Waals surface area contributed by atoms with Gasteiger partial charge in [0.2, 0.25) is 0 Å². The second-order valence-electron chi connectivity index (χ2n) is 14.9. The number of fused-ring (bicyclic) bond motifs is 2. The number of carboxylic acids is 2. The number of phenolic OH excluding ortho intramolecular Hbond substituents is 2. The number of azo groups is 2. The molecule has 0 saturated carbocycles. The molecule has 1 heterocycles. The molecule has 0 atom stereocenters. The lowest BCUT2D eigenvalue weighted by Gasteiger charge is -2.12. The number of carbonyl (C=O) groups excluding carboxylic acids is 2. The molecule has 0 aliphatic carbocycles. The average Bonchev–Trinajstić information content (AvgIpc) is 3.29. The first-order valence-corrected chi connectivity index (χ1v) is 22.8. The van der Waals surface area contributed by atoms with Crippen LogP contribution in [-0.4, -0.2) is 70.1 Å². The number of nitrogens with one attached hydrogen (secondary N) is 2. The van der Waals surface area contributed by atoms with Crippen LogP contribution in [0.1, 0.15) is 45.1 Å². The number of rotatable bonds is 16. The highest BCUT2D eigenvalue weighted by Crippen LogP contribution is 2.43. The maximum absolute atomic E-state index is 13.4. The minimum absolute atomic E-state index is 0.0135. The number of aryl methyl sites for hydroxylation is 2. The molecule has 0 aliphatic rings. The van der Waals surface area contributed by atoms with E-state index < -0.39 is 93.6 Å². The number of carboxylic acid groups (broad SMARTS) is 2. The van der Waals surface area contributed by atoms with Gasteiger partial charge in [-0.15, -0.1) is 10.2 Å². The SMILES string of the molecule is O=C(O)CCc1ccc(N=Nc2c(S(=O)(=O)O)cc3cc(NC(=O)c4cc(=O)cc(C(=O)Nc5ccc6c(O)c(N=Nc7ccc(CCC(=O)O)cc7)c(S(=O)(=O)O)cc6c5)o4)ccc3c2O)cc1. The van der Waals surface area contributed by atoms with E-state index in [1.807, 2.05) is 0 Å². The van der Waals surface area contributed by atoms with Gasteiger partial charge in [-0.1, -0.05) is 24.3 Å². The predicted octanol–water partition coefficient (Wildman–Crippen LogP) is 8.22. The highest BCUT2D eigenvalue weighted by molar-refractivity contribution is 7.86. The smallest absolute Gasteiger partial charge is 0.303 e. The van der Waals surface area contributed by atoms with Gasteiger partial charge in [-0.05, 0) is 108 Å². The summed E-state index contributed by atoms with van der Waals surface area (Å²) in [6.45, 7) is 0. The maximum Gasteiger partial charge on any atom is 0.303 e. The molecule has 0 radical (unpaired) electrons. The highest BCUT2D eigenvalue weighted by atomic mass is 32.2. The molecule has 69 heavy (non-hydrogen) atoms. The Kier molecular flexibility index (Phi) is 13.7. The van der Waals surface area contributed by atoms with Crippen LogP contribution in [0.15, 0.2) is 149 Å². The molecule has 0 spiro atoms. The van der Waals surface area contributed by atoms with Gasteiger partial charge in [-0.2, -0.15) is 27.1 Å². The quantitative estimate of drug-likeness (QED) is 0.0334. The number of aliphatic carboxylic acids is 2. The molecular weight excluding hydrogens is 945 g/mol. The first-order chi connectivity index (χ1) is 32.6. The monoisotopic (exact) mass is 978 g/mol. The molecule has 24 heteroatoms. The summed E-state index contributed by atoms with van der Waals surface area (Å²) < 4.78 is 75.3. The standard InChI is InChI=1S/C45H34N6O16S2/c52-31-21-34(44(59)46-29-11-13-32-25(17-29)19-36(68(61,62)63)40(42(32)57)50-48-27-7-1-23(2-8-27)5-15-38(53)54)67-35(22-31)45(60)47-30-12-14-33-26(18-30)20-37(69(64,65)66)41(43(33)58)51-49-28-9-3-24(4-10-28)6-16-39(55)56/h1-4,7-14,17-22,57-58H,5-6,15-16H2,(H,46,59)(H,47,60)(H,53,54)(H,55,56)(H,61,62,63)(H,64,65,66). The number of phenols is 2. The molecule has 0 aliphatic heterocycles. The lowest BCUT2D eigenvalue weighted by Crippen LogP contribution is -2.19. The Morgan fingerprint density at radius 3 is 1.25 bits per heavy atom. The van der Waals surface area contributed by atoms with Crippen LogP contribution in [0.4, 0.5) is 34.1 Å². The second kappa shape index (κ2) is 19.6. The number of nitrogens with zero attached hydrogens (tertiary/aromatic N) is 4. The number of benzene rings is 6. The van der Waals surface area contributed by atoms with Gasteiger partial charge < -0.3 is 35.5 Å². The molecule has 7 rings (SSSR count). The van der Waals surface area contributed by atoms with Gasteiger partial charge in [-0.25, -0.2) is 0 Å². The first-order valence-electron chi connectivity index (χ1n) is 19.9. The van der Waals surface area contributed by atoms with Crippen molar-refractivity contribution in [2.24, 2.45) is 20.5 Å². The molecule has 8 N–H and O–H groups in total. The Bertz CT molecular complexity index is 3370. The first kappa shape index (κ1) is 48.2. The molecule has 352 valence electrons. The van der Waals surface area contributed by atoms with Crippen molar-refractivity contribution in [3.8, 4) is 11.5 Å². The van der Waals surface area contributed by atoms with E-state index in [2.05, 4.69) is 31.1 Å². The van der Waals surface area contributed by atoms with Crippen molar-refractivity contribution in [2.45, 2.75) is 35.5 Å². The lowest BCUT2D eigenvalue weighted by molar-refractivity contribution is -0.138. The van der Waals surface area contributed by atoms with Crippen molar-refractivity contribution in [1.29, 1.82) is 0 Å². The lowest BCUT2D eigenvalue weighted by atomic mass is 10.1. The van der Waals surface area contributed by atoms with Crippen LogP contribution in [0.3, 0.4) is 0 Å². The third-order valence-electron chi connectivity index (χ3n) is 10.0. The van der Waals surface area contributed by atoms with E-state index in [4.69, 9.17) is 14.6 Å². The summed E-state index contributed by atoms with van der Waals surface area (Å²) in [7, 11) is -10.1. The topological polar surface area (TPSA) is 362 Å². The van der Waals surface area contributed by atoms with Crippen molar-refractivity contribution in [1.82, 2.24) is 0 Å². The van der Waals surface area contributed by atoms with Crippen LogP contribution < -0.4 is 16.1 Å². The number of carbonyl (C=O) groups is 4. The average molecular weight is 979 g/mol. The summed E-state index contributed by atoms with van der Waals surface area (Å²) in [5, 5.41) is 60.4. The fourth-order valence-corrected chi connectivity index (χ4v) is 8.02. The Labute approximate surface area is 388 Å². The van der Waals surface area contributed by atoms with Gasteiger partial charge in [0.25, 0.3) is 32.1 Å². The van der Waals surface area contributed by atoms with Crippen LogP contribution in [0.5, 0.6) is 11.5 Å². The summed E-state index contributed by atoms with van der Waals surface area (Å²) in [6, 6.07) is 23.4. The van der Waals surface area contributed by atoms with Crippen molar-refractivity contribution in [2.75, 3.05) is 10.6 Å². The summed E-state index contributed by atoms with van der Waals surface area (Å²) in [4.78, 5) is 59.4. The van der Waals surface area contributed by atoms with E-state index in [0.717, 1.165) is 24.3 Å². The van der Waals surface area contributed by atoms with Crippen molar-refractivity contribution in [3.63, 3.8) is 0 Å². The van der Waals surface area contributed by atoms with Gasteiger partial charge >= 0.3 is 11.9 Å². The Morgan fingerprint density at radius 2 is 0.899 bits per heavy atom. The third kappa shape index (κ3) is 11.6. The van der Waals surface area contributed by atoms with Crippen molar-refractivity contribution >= 4 is 99.7 Å². The second-order valence-corrected chi connectivity index (χ2v) is 17.7. The molecule has 0 fully saturated rings. The summed E-state index contributed by atoms with van der Waals surface area (Å²) in [5.41, 5.74) is -0.322. The highest BCUT2D eigenvalue weighted by Gasteiger charge is 2.25. The van der Waals surface area contributed by atoms with E-state index >= 15 is 0 Å². The van der Waals surface area contributed by atoms with Crippen LogP contribution in [0, 0.1) is 0 Å². The molecule has 2 amide bonds. The van der Waals surface area contributed by atoms with E-state index in [1.54, 1.807) is 24.3 Å². The zero-order valence-electron chi connectivity index (χ0n) is 35.1. The number of hydrogen-bond acceptors (Lipinski definition) is 16. The zero-order valence-corrected chi connectivity index (χ0v) is 36.7. The van der Waals surface area contributed by atoms with E-state index in [1.165, 1.54) is 60.7 Å². The minimum atomic E-state index is -5.04. The van der Waals surface area contributed by atoms with Crippen molar-refractivity contribution < 1.29 is 70.0 Å². The summed E-state index contributed by atoms with van der Waals surface area (Å²) in [5.74, 6) is -6.78. The molecular formula is C45H34N6O16S2. The Morgan fingerprint density at radius 1 is 0.522 bits per heavy atom.